The van der Waals surface area contributed by atoms with Crippen LogP contribution in [0.2, 0.25) is 0 Å². The Balaban J connectivity index is -0.000000274. The lowest BCUT2D eigenvalue weighted by atomic mass is 9.98. The Morgan fingerprint density at radius 3 is 1.07 bits per heavy atom. The lowest BCUT2D eigenvalue weighted by Gasteiger charge is -2.21. The molecule has 0 spiro atoms. The van der Waals surface area contributed by atoms with Gasteiger partial charge in [-0.2, -0.15) is 0 Å². The minimum Gasteiger partial charge on any atom is -0.444 e. The fourth-order valence-corrected chi connectivity index (χ4v) is 1.88. The topological polar surface area (TPSA) is 153 Å². The molecule has 0 fully saturated rings. The lowest BCUT2D eigenvalue weighted by molar-refractivity contribution is 0.0536. The van der Waals surface area contributed by atoms with E-state index in [4.69, 9.17) is 44.4 Å². The Labute approximate surface area is 262 Å². The molecule has 244 valence electrons. The van der Waals surface area contributed by atoms with Gasteiger partial charge in [0.15, 0.2) is 10.2 Å². The highest BCUT2D eigenvalue weighted by Gasteiger charge is 2.21. The van der Waals surface area contributed by atoms with E-state index in [1.807, 2.05) is 0 Å². The number of carbonyl (C=O) groups excluding carboxylic acids is 3. The summed E-state index contributed by atoms with van der Waals surface area (Å²) in [5, 5.41) is 9.20. The molecule has 0 aromatic heterocycles. The number of ether oxygens (including phenoxy) is 3. The van der Waals surface area contributed by atoms with Crippen molar-refractivity contribution in [3.05, 3.63) is 0 Å². The van der Waals surface area contributed by atoms with Crippen LogP contribution in [0.15, 0.2) is 0 Å². The number of amides is 3. The molecule has 0 aromatic rings. The standard InChI is InChI=1S/C11H20N2O4S.C10H19FN2O2S.C5H13N.ClH/c1-10(2,3)16-8(14)12-7(18)13-9(15)17-11(4,5)6;1-9(2,3)15-8(14)13-7(16)12-6-10(4,5)11;1-5(2,3)4-6;/h1-6H3,(H2,12,13,14,15,18);6H2,1-5H3,(H2,12,13,14,16);4,6H2,1-3H3;1H. The normalized spacial score (nSPS) is 11.4. The fourth-order valence-electron chi connectivity index (χ4n) is 1.55. The Morgan fingerprint density at radius 1 is 0.634 bits per heavy atom. The first-order chi connectivity index (χ1) is 17.4. The maximum Gasteiger partial charge on any atom is 0.413 e. The molecule has 0 rings (SSSR count). The van der Waals surface area contributed by atoms with E-state index in [1.54, 1.807) is 62.3 Å². The smallest absolute Gasteiger partial charge is 0.413 e. The zero-order chi connectivity index (χ0) is 32.8. The minimum atomic E-state index is -1.39. The van der Waals surface area contributed by atoms with Gasteiger partial charge in [-0.1, -0.05) is 20.8 Å². The van der Waals surface area contributed by atoms with E-state index in [9.17, 15) is 18.8 Å². The van der Waals surface area contributed by atoms with Crippen LogP contribution in [0.4, 0.5) is 18.8 Å². The summed E-state index contributed by atoms with van der Waals surface area (Å²) < 4.78 is 28.0. The number of nitrogens with two attached hydrogens (primary N) is 1. The minimum absolute atomic E-state index is 0. The third-order valence-electron chi connectivity index (χ3n) is 3.13. The molecule has 6 N–H and O–H groups in total. The predicted molar refractivity (Wildman–Crippen MR) is 172 cm³/mol. The predicted octanol–water partition coefficient (Wildman–Crippen LogP) is 5.87. The van der Waals surface area contributed by atoms with Crippen molar-refractivity contribution >= 4 is 65.3 Å². The largest absolute Gasteiger partial charge is 0.444 e. The maximum atomic E-state index is 13.1. The molecule has 0 unspecified atom stereocenters. The van der Waals surface area contributed by atoms with Crippen molar-refractivity contribution in [2.75, 3.05) is 13.1 Å². The number of alkyl halides is 1. The van der Waals surface area contributed by atoms with Crippen molar-refractivity contribution in [2.45, 2.75) is 119 Å². The molecule has 0 aliphatic carbocycles. The molecule has 0 aromatic carbocycles. The van der Waals surface area contributed by atoms with Crippen molar-refractivity contribution in [1.29, 1.82) is 0 Å². The summed E-state index contributed by atoms with van der Waals surface area (Å²) >= 11 is 9.56. The Kier molecular flexibility index (Phi) is 21.5. The van der Waals surface area contributed by atoms with Crippen molar-refractivity contribution in [1.82, 2.24) is 21.3 Å². The number of thiocarbonyl (C=S) groups is 2. The van der Waals surface area contributed by atoms with Gasteiger partial charge in [0.2, 0.25) is 0 Å². The molecule has 3 amide bonds. The van der Waals surface area contributed by atoms with Crippen molar-refractivity contribution in [2.24, 2.45) is 11.1 Å². The molecule has 41 heavy (non-hydrogen) atoms. The van der Waals surface area contributed by atoms with Crippen molar-refractivity contribution in [3.8, 4) is 0 Å². The second-order valence-electron chi connectivity index (χ2n) is 13.4. The third kappa shape index (κ3) is 42.6. The van der Waals surface area contributed by atoms with E-state index in [0.29, 0.717) is 5.41 Å². The fraction of sp³-hybridized carbons (Fsp3) is 0.808. The van der Waals surface area contributed by atoms with E-state index >= 15 is 0 Å². The third-order valence-corrected chi connectivity index (χ3v) is 3.58. The van der Waals surface area contributed by atoms with Crippen LogP contribution < -0.4 is 27.0 Å². The summed E-state index contributed by atoms with van der Waals surface area (Å²) in [5.41, 5.74) is 2.38. The van der Waals surface area contributed by atoms with Crippen LogP contribution in [0.25, 0.3) is 0 Å². The molecule has 0 saturated carbocycles. The highest BCUT2D eigenvalue weighted by atomic mass is 35.5. The lowest BCUT2D eigenvalue weighted by Crippen LogP contribution is -2.45. The number of carbonyl (C=O) groups is 3. The molecule has 0 aliphatic heterocycles. The summed E-state index contributed by atoms with van der Waals surface area (Å²) in [6, 6.07) is 0. The van der Waals surface area contributed by atoms with Crippen LogP contribution in [0, 0.1) is 5.41 Å². The molecule has 0 bridgehead atoms. The van der Waals surface area contributed by atoms with Crippen LogP contribution in [0.1, 0.15) is 96.9 Å². The highest BCUT2D eigenvalue weighted by Crippen LogP contribution is 2.09. The van der Waals surface area contributed by atoms with Gasteiger partial charge in [0.1, 0.15) is 22.5 Å². The molecule has 11 nitrogen and oxygen atoms in total. The summed E-state index contributed by atoms with van der Waals surface area (Å²) in [5.74, 6) is 0. The molecular weight excluding hydrogens is 597 g/mol. The molecule has 0 radical (unpaired) electrons. The summed E-state index contributed by atoms with van der Waals surface area (Å²) in [6.45, 7) is 25.5. The van der Waals surface area contributed by atoms with Crippen LogP contribution in [0.3, 0.4) is 0 Å². The van der Waals surface area contributed by atoms with E-state index in [0.717, 1.165) is 6.54 Å². The van der Waals surface area contributed by atoms with Gasteiger partial charge in [0.25, 0.3) is 0 Å². The van der Waals surface area contributed by atoms with Crippen molar-refractivity contribution < 1.29 is 33.0 Å². The van der Waals surface area contributed by atoms with Gasteiger partial charge in [-0.15, -0.1) is 12.4 Å². The second-order valence-corrected chi connectivity index (χ2v) is 14.2. The number of nitrogens with one attached hydrogen (secondary N) is 4. The first kappa shape index (κ1) is 45.9. The van der Waals surface area contributed by atoms with Gasteiger partial charge in [0.05, 0.1) is 6.54 Å². The van der Waals surface area contributed by atoms with Gasteiger partial charge >= 0.3 is 18.3 Å². The quantitative estimate of drug-likeness (QED) is 0.181. The van der Waals surface area contributed by atoms with Gasteiger partial charge in [-0.05, 0) is 113 Å². The van der Waals surface area contributed by atoms with Crippen LogP contribution in [0.5, 0.6) is 0 Å². The number of alkyl carbamates (subject to hydrolysis) is 3. The first-order valence-corrected chi connectivity index (χ1v) is 13.5. The SMILES string of the molecule is CC(C)(C)CN.CC(C)(C)OC(=O)NC(=S)NC(=O)OC(C)(C)C.CC(C)(F)CNC(=S)NC(=O)OC(C)(C)C.Cl. The maximum absolute atomic E-state index is 13.1. The first-order valence-electron chi connectivity index (χ1n) is 12.7. The molecule has 0 aliphatic rings. The number of rotatable bonds is 2. The van der Waals surface area contributed by atoms with Crippen LogP contribution in [-0.4, -0.2) is 64.1 Å². The van der Waals surface area contributed by atoms with E-state index in [2.05, 4.69) is 42.0 Å². The van der Waals surface area contributed by atoms with E-state index < -0.39 is 40.8 Å². The molecule has 0 saturated heterocycles. The van der Waals surface area contributed by atoms with Crippen LogP contribution >= 0.6 is 36.8 Å². The summed E-state index contributed by atoms with van der Waals surface area (Å²) in [6.07, 6.45) is -2.12. The Morgan fingerprint density at radius 2 is 0.878 bits per heavy atom. The van der Waals surface area contributed by atoms with Gasteiger partial charge in [0, 0.05) is 0 Å². The van der Waals surface area contributed by atoms with Gasteiger partial charge < -0.3 is 25.3 Å². The van der Waals surface area contributed by atoms with Crippen LogP contribution in [-0.2, 0) is 14.2 Å². The van der Waals surface area contributed by atoms with E-state index in [-0.39, 0.29) is 29.2 Å². The molecular formula is C26H53ClFN5O6S2. The van der Waals surface area contributed by atoms with Gasteiger partial charge in [-0.3, -0.25) is 16.0 Å². The Bertz CT molecular complexity index is 812. The number of halogens is 2. The summed E-state index contributed by atoms with van der Waals surface area (Å²) in [4.78, 5) is 33.9. The average Bonchev–Trinajstić information content (AvgIpc) is 2.61. The number of hydrogen-bond acceptors (Lipinski definition) is 9. The Hall–Kier alpha value is -2.03. The van der Waals surface area contributed by atoms with Crippen molar-refractivity contribution in [3.63, 3.8) is 0 Å². The molecule has 0 atom stereocenters. The van der Waals surface area contributed by atoms with Gasteiger partial charge in [-0.25, -0.2) is 18.8 Å². The zero-order valence-electron chi connectivity index (χ0n) is 27.0. The molecule has 15 heteroatoms. The average molecular weight is 650 g/mol. The summed E-state index contributed by atoms with van der Waals surface area (Å²) in [7, 11) is 0. The number of hydrogen-bond donors (Lipinski definition) is 5. The zero-order valence-corrected chi connectivity index (χ0v) is 29.5. The highest BCUT2D eigenvalue weighted by molar-refractivity contribution is 7.80. The molecule has 0 heterocycles. The van der Waals surface area contributed by atoms with E-state index in [1.165, 1.54) is 13.8 Å². The second kappa shape index (κ2) is 19.2. The monoisotopic (exact) mass is 649 g/mol.